The first-order valence-electron chi connectivity index (χ1n) is 10.6. The molecule has 0 heterocycles. The summed E-state index contributed by atoms with van der Waals surface area (Å²) in [6, 6.07) is 20.9. The predicted molar refractivity (Wildman–Crippen MR) is 124 cm³/mol. The molecular formula is C26H31NO5. The molecule has 4 N–H and O–H groups in total. The van der Waals surface area contributed by atoms with Crippen molar-refractivity contribution in [2.24, 2.45) is 0 Å². The summed E-state index contributed by atoms with van der Waals surface area (Å²) in [7, 11) is 3.31. The number of benzene rings is 3. The van der Waals surface area contributed by atoms with Gasteiger partial charge in [-0.15, -0.1) is 0 Å². The van der Waals surface area contributed by atoms with Crippen molar-refractivity contribution in [2.45, 2.75) is 25.0 Å². The number of aliphatic hydroxyl groups excluding tert-OH is 2. The number of hydrogen-bond donors (Lipinski definition) is 4. The summed E-state index contributed by atoms with van der Waals surface area (Å²) in [5, 5.41) is 32.5. The Kier molecular flexibility index (Phi) is 8.50. The van der Waals surface area contributed by atoms with Crippen LogP contribution in [0.4, 0.5) is 0 Å². The predicted octanol–water partition coefficient (Wildman–Crippen LogP) is 3.75. The van der Waals surface area contributed by atoms with Gasteiger partial charge in [-0.1, -0.05) is 30.3 Å². The molecule has 0 unspecified atom stereocenters. The SMILES string of the molecule is COc1ccc(C(CCN[C@H](CO)c2ccc(O)c(CO)c2)c2ccc(OC)cc2)cc1. The van der Waals surface area contributed by atoms with Gasteiger partial charge in [0.25, 0.3) is 0 Å². The Labute approximate surface area is 189 Å². The lowest BCUT2D eigenvalue weighted by Crippen LogP contribution is -2.26. The van der Waals surface area contributed by atoms with Gasteiger partial charge in [0.15, 0.2) is 0 Å². The minimum Gasteiger partial charge on any atom is -0.508 e. The van der Waals surface area contributed by atoms with Gasteiger partial charge in [0, 0.05) is 11.5 Å². The summed E-state index contributed by atoms with van der Waals surface area (Å²) in [6.45, 7) is 0.309. The molecule has 6 nitrogen and oxygen atoms in total. The van der Waals surface area contributed by atoms with Crippen molar-refractivity contribution < 1.29 is 24.8 Å². The van der Waals surface area contributed by atoms with Gasteiger partial charge in [0.05, 0.1) is 33.5 Å². The molecule has 3 aromatic carbocycles. The van der Waals surface area contributed by atoms with E-state index < -0.39 is 0 Å². The fourth-order valence-corrected chi connectivity index (χ4v) is 3.84. The lowest BCUT2D eigenvalue weighted by Gasteiger charge is -2.22. The Hall–Kier alpha value is -3.06. The maximum Gasteiger partial charge on any atom is 0.121 e. The highest BCUT2D eigenvalue weighted by Crippen LogP contribution is 2.31. The minimum atomic E-state index is -0.298. The number of aromatic hydroxyl groups is 1. The smallest absolute Gasteiger partial charge is 0.121 e. The minimum absolute atomic E-state index is 0.0482. The molecule has 0 spiro atoms. The van der Waals surface area contributed by atoms with E-state index in [-0.39, 0.29) is 30.9 Å². The van der Waals surface area contributed by atoms with Crippen molar-refractivity contribution >= 4 is 0 Å². The van der Waals surface area contributed by atoms with Gasteiger partial charge >= 0.3 is 0 Å². The molecule has 0 aliphatic rings. The lowest BCUT2D eigenvalue weighted by atomic mass is 9.88. The zero-order chi connectivity index (χ0) is 22.9. The Morgan fingerprint density at radius 2 is 1.31 bits per heavy atom. The van der Waals surface area contributed by atoms with Gasteiger partial charge in [0.2, 0.25) is 0 Å². The summed E-state index contributed by atoms with van der Waals surface area (Å²) in [4.78, 5) is 0. The van der Waals surface area contributed by atoms with Crippen LogP contribution in [0.3, 0.4) is 0 Å². The van der Waals surface area contributed by atoms with Gasteiger partial charge in [-0.05, 0) is 66.1 Å². The normalized spacial score (nSPS) is 12.0. The van der Waals surface area contributed by atoms with Crippen LogP contribution in [0.15, 0.2) is 66.7 Å². The second-order valence-electron chi connectivity index (χ2n) is 7.62. The number of hydrogen-bond acceptors (Lipinski definition) is 6. The van der Waals surface area contributed by atoms with Crippen LogP contribution in [0.25, 0.3) is 0 Å². The topological polar surface area (TPSA) is 91.2 Å². The number of ether oxygens (including phenoxy) is 2. The van der Waals surface area contributed by atoms with Gasteiger partial charge in [0.1, 0.15) is 17.2 Å². The maximum atomic E-state index is 9.91. The molecule has 3 aromatic rings. The van der Waals surface area contributed by atoms with E-state index in [4.69, 9.17) is 9.47 Å². The number of nitrogens with one attached hydrogen (secondary N) is 1. The van der Waals surface area contributed by atoms with Crippen molar-refractivity contribution in [1.29, 1.82) is 0 Å². The molecule has 0 aliphatic heterocycles. The van der Waals surface area contributed by atoms with Crippen LogP contribution < -0.4 is 14.8 Å². The second-order valence-corrected chi connectivity index (χ2v) is 7.62. The molecule has 6 heteroatoms. The van der Waals surface area contributed by atoms with E-state index >= 15 is 0 Å². The number of rotatable bonds is 11. The van der Waals surface area contributed by atoms with Crippen molar-refractivity contribution in [3.63, 3.8) is 0 Å². The summed E-state index contributed by atoms with van der Waals surface area (Å²) in [5.74, 6) is 1.82. The molecule has 0 aromatic heterocycles. The number of phenols is 1. The maximum absolute atomic E-state index is 9.91. The molecular weight excluding hydrogens is 406 g/mol. The van der Waals surface area contributed by atoms with Crippen LogP contribution in [0, 0.1) is 0 Å². The van der Waals surface area contributed by atoms with E-state index in [1.54, 1.807) is 32.4 Å². The highest BCUT2D eigenvalue weighted by atomic mass is 16.5. The van der Waals surface area contributed by atoms with Crippen LogP contribution in [0.5, 0.6) is 17.2 Å². The summed E-state index contributed by atoms with van der Waals surface area (Å²) in [5.41, 5.74) is 3.60. The third-order valence-electron chi connectivity index (χ3n) is 5.72. The molecule has 0 aliphatic carbocycles. The first kappa shape index (κ1) is 23.6. The number of aliphatic hydroxyl groups is 2. The van der Waals surface area contributed by atoms with E-state index in [0.29, 0.717) is 12.1 Å². The summed E-state index contributed by atoms with van der Waals surface area (Å²) < 4.78 is 10.6. The Morgan fingerprint density at radius 1 is 0.781 bits per heavy atom. The second kappa shape index (κ2) is 11.5. The van der Waals surface area contributed by atoms with Gasteiger partial charge < -0.3 is 30.1 Å². The van der Waals surface area contributed by atoms with Crippen molar-refractivity contribution in [3.05, 3.63) is 89.0 Å². The van der Waals surface area contributed by atoms with Crippen LogP contribution in [0.2, 0.25) is 0 Å². The molecule has 0 saturated heterocycles. The fourth-order valence-electron chi connectivity index (χ4n) is 3.84. The van der Waals surface area contributed by atoms with Crippen LogP contribution >= 0.6 is 0 Å². The number of methoxy groups -OCH3 is 2. The highest BCUT2D eigenvalue weighted by Gasteiger charge is 2.17. The van der Waals surface area contributed by atoms with Crippen molar-refractivity contribution in [1.82, 2.24) is 5.32 Å². The highest BCUT2D eigenvalue weighted by molar-refractivity contribution is 5.39. The average Bonchev–Trinajstić information content (AvgIpc) is 2.85. The summed E-state index contributed by atoms with van der Waals surface area (Å²) in [6.07, 6.45) is 0.806. The molecule has 0 fully saturated rings. The zero-order valence-corrected chi connectivity index (χ0v) is 18.5. The van der Waals surface area contributed by atoms with E-state index in [2.05, 4.69) is 29.6 Å². The Bertz CT molecular complexity index is 925. The van der Waals surface area contributed by atoms with E-state index in [0.717, 1.165) is 23.5 Å². The van der Waals surface area contributed by atoms with E-state index in [9.17, 15) is 15.3 Å². The zero-order valence-electron chi connectivity index (χ0n) is 18.5. The van der Waals surface area contributed by atoms with E-state index in [1.807, 2.05) is 24.3 Å². The monoisotopic (exact) mass is 437 g/mol. The van der Waals surface area contributed by atoms with Gasteiger partial charge in [-0.2, -0.15) is 0 Å². The van der Waals surface area contributed by atoms with Crippen LogP contribution in [0.1, 0.15) is 40.6 Å². The first-order valence-corrected chi connectivity index (χ1v) is 10.6. The average molecular weight is 438 g/mol. The largest absolute Gasteiger partial charge is 0.508 e. The third-order valence-corrected chi connectivity index (χ3v) is 5.72. The molecule has 1 atom stereocenters. The molecule has 0 bridgehead atoms. The quantitative estimate of drug-likeness (QED) is 0.365. The van der Waals surface area contributed by atoms with Gasteiger partial charge in [-0.25, -0.2) is 0 Å². The van der Waals surface area contributed by atoms with Crippen molar-refractivity contribution in [2.75, 3.05) is 27.4 Å². The molecule has 0 amide bonds. The van der Waals surface area contributed by atoms with E-state index in [1.165, 1.54) is 11.1 Å². The van der Waals surface area contributed by atoms with Crippen LogP contribution in [-0.2, 0) is 6.61 Å². The fraction of sp³-hybridized carbons (Fsp3) is 0.308. The first-order chi connectivity index (χ1) is 15.6. The molecule has 32 heavy (non-hydrogen) atoms. The molecule has 0 radical (unpaired) electrons. The van der Waals surface area contributed by atoms with Crippen molar-refractivity contribution in [3.8, 4) is 17.2 Å². The molecule has 3 rings (SSSR count). The van der Waals surface area contributed by atoms with Gasteiger partial charge in [-0.3, -0.25) is 0 Å². The van der Waals surface area contributed by atoms with Crippen LogP contribution in [-0.4, -0.2) is 42.7 Å². The Morgan fingerprint density at radius 3 is 1.78 bits per heavy atom. The summed E-state index contributed by atoms with van der Waals surface area (Å²) >= 11 is 0. The standard InChI is InChI=1S/C26H31NO5/c1-31-22-8-3-18(4-9-22)24(19-5-10-23(32-2)11-6-19)13-14-27-25(17-29)20-7-12-26(30)21(15-20)16-28/h3-12,15,24-25,27-30H,13-14,16-17H2,1-2H3/t25-/m1/s1. The molecule has 0 saturated carbocycles. The Balaban J connectivity index is 1.76. The lowest BCUT2D eigenvalue weighted by molar-refractivity contribution is 0.243. The third kappa shape index (κ3) is 5.79. The molecule has 170 valence electrons.